The molecule has 3 heterocycles. The molecule has 2 aromatic heterocycles. The number of aryl methyl sites for hydroxylation is 1. The second kappa shape index (κ2) is 9.90. The molecule has 1 aliphatic rings. The monoisotopic (exact) mass is 512 g/mol. The molecule has 0 saturated carbocycles. The van der Waals surface area contributed by atoms with Crippen LogP contribution in [0.15, 0.2) is 63.0 Å². The maximum Gasteiger partial charge on any atom is 0.247 e. The highest BCUT2D eigenvalue weighted by Gasteiger charge is 2.26. The molecule has 0 atom stereocenters. The van der Waals surface area contributed by atoms with Crippen LogP contribution in [0.1, 0.15) is 11.5 Å². The highest BCUT2D eigenvalue weighted by atomic mass is 32.2. The summed E-state index contributed by atoms with van der Waals surface area (Å²) in [7, 11) is -1.68. The fraction of sp³-hybridized carbons (Fsp3) is 0.304. The van der Waals surface area contributed by atoms with Crippen LogP contribution >= 0.6 is 11.8 Å². The Kier molecular flexibility index (Phi) is 6.69. The summed E-state index contributed by atoms with van der Waals surface area (Å²) < 4.78 is 40.0. The third-order valence-corrected chi connectivity index (χ3v) is 8.56. The summed E-state index contributed by atoms with van der Waals surface area (Å²) >= 11 is 1.43. The fourth-order valence-corrected chi connectivity index (χ4v) is 5.81. The Bertz CT molecular complexity index is 1410. The Morgan fingerprint density at radius 2 is 1.60 bits per heavy atom. The van der Waals surface area contributed by atoms with Gasteiger partial charge in [0.2, 0.25) is 21.8 Å². The van der Waals surface area contributed by atoms with Crippen LogP contribution in [0, 0.1) is 6.92 Å². The number of rotatable bonds is 7. The van der Waals surface area contributed by atoms with Crippen molar-refractivity contribution in [2.75, 3.05) is 26.3 Å². The minimum Gasteiger partial charge on any atom is -0.420 e. The predicted molar refractivity (Wildman–Crippen MR) is 130 cm³/mol. The van der Waals surface area contributed by atoms with Gasteiger partial charge in [-0.3, -0.25) is 0 Å². The first-order valence-corrected chi connectivity index (χ1v) is 13.4. The van der Waals surface area contributed by atoms with E-state index >= 15 is 0 Å². The van der Waals surface area contributed by atoms with E-state index < -0.39 is 10.0 Å². The summed E-state index contributed by atoms with van der Waals surface area (Å²) in [5.74, 6) is 2.05. The van der Waals surface area contributed by atoms with Crippen LogP contribution in [0.3, 0.4) is 0 Å². The minimum absolute atomic E-state index is 0.251. The molecular weight excluding hydrogens is 488 g/mol. The summed E-state index contributed by atoms with van der Waals surface area (Å²) in [6.07, 6.45) is 0. The van der Waals surface area contributed by atoms with E-state index in [1.165, 1.54) is 16.1 Å². The van der Waals surface area contributed by atoms with E-state index in [2.05, 4.69) is 20.4 Å². The van der Waals surface area contributed by atoms with Crippen molar-refractivity contribution in [3.63, 3.8) is 0 Å². The average Bonchev–Trinajstić information content (AvgIpc) is 3.50. The minimum atomic E-state index is -3.54. The molecule has 1 aliphatic heterocycles. The molecule has 0 aliphatic carbocycles. The van der Waals surface area contributed by atoms with E-state index in [9.17, 15) is 8.42 Å². The van der Waals surface area contributed by atoms with Gasteiger partial charge in [0.1, 0.15) is 0 Å². The highest BCUT2D eigenvalue weighted by molar-refractivity contribution is 7.98. The van der Waals surface area contributed by atoms with Crippen molar-refractivity contribution in [1.29, 1.82) is 0 Å². The number of sulfonamides is 1. The molecule has 12 heteroatoms. The molecule has 10 nitrogen and oxygen atoms in total. The molecule has 0 N–H and O–H groups in total. The molecule has 0 spiro atoms. The first kappa shape index (κ1) is 23.7. The molecule has 0 amide bonds. The van der Waals surface area contributed by atoms with Gasteiger partial charge in [0, 0.05) is 31.3 Å². The van der Waals surface area contributed by atoms with Crippen LogP contribution in [0.4, 0.5) is 0 Å². The summed E-state index contributed by atoms with van der Waals surface area (Å²) in [6.45, 7) is 3.57. The Hall–Kier alpha value is -3.06. The van der Waals surface area contributed by atoms with Crippen molar-refractivity contribution in [2.45, 2.75) is 22.7 Å². The zero-order valence-electron chi connectivity index (χ0n) is 19.3. The van der Waals surface area contributed by atoms with Crippen LogP contribution in [0.2, 0.25) is 0 Å². The van der Waals surface area contributed by atoms with Gasteiger partial charge < -0.3 is 13.7 Å². The lowest BCUT2D eigenvalue weighted by atomic mass is 10.1. The normalized spacial score (nSPS) is 14.9. The fourth-order valence-electron chi connectivity index (χ4n) is 3.65. The van der Waals surface area contributed by atoms with Crippen molar-refractivity contribution >= 4 is 21.8 Å². The number of aromatic nitrogens is 5. The number of thioether (sulfide) groups is 1. The van der Waals surface area contributed by atoms with Gasteiger partial charge in [0.25, 0.3) is 0 Å². The van der Waals surface area contributed by atoms with Gasteiger partial charge in [0.05, 0.1) is 23.9 Å². The zero-order chi connectivity index (χ0) is 24.4. The largest absolute Gasteiger partial charge is 0.420 e. The van der Waals surface area contributed by atoms with Crippen LogP contribution in [-0.2, 0) is 27.6 Å². The van der Waals surface area contributed by atoms with Gasteiger partial charge in [-0.2, -0.15) is 4.31 Å². The molecule has 0 radical (unpaired) electrons. The zero-order valence-corrected chi connectivity index (χ0v) is 20.9. The standard InChI is InChI=1S/C23H24N6O4S2/c1-16-3-5-18(6-4-16)22-26-24-20(33-22)15-34-23-27-25-21(28(23)2)17-7-9-19(10-8-17)35(30,31)29-11-13-32-14-12-29/h3-10H,11-15H2,1-2H3. The van der Waals surface area contributed by atoms with Gasteiger partial charge in [0.15, 0.2) is 11.0 Å². The Morgan fingerprint density at radius 3 is 2.31 bits per heavy atom. The summed E-state index contributed by atoms with van der Waals surface area (Å²) in [5.41, 5.74) is 2.81. The van der Waals surface area contributed by atoms with Gasteiger partial charge in [-0.1, -0.05) is 29.5 Å². The second-order valence-electron chi connectivity index (χ2n) is 8.06. The molecule has 2 aromatic carbocycles. The third-order valence-electron chi connectivity index (χ3n) is 5.65. The molecule has 1 saturated heterocycles. The van der Waals surface area contributed by atoms with Gasteiger partial charge in [-0.05, 0) is 43.3 Å². The van der Waals surface area contributed by atoms with Crippen molar-refractivity contribution in [3.8, 4) is 22.8 Å². The van der Waals surface area contributed by atoms with E-state index in [-0.39, 0.29) is 4.90 Å². The van der Waals surface area contributed by atoms with Crippen molar-refractivity contribution in [1.82, 2.24) is 29.3 Å². The van der Waals surface area contributed by atoms with Crippen LogP contribution in [0.5, 0.6) is 0 Å². The number of ether oxygens (including phenoxy) is 1. The summed E-state index contributed by atoms with van der Waals surface area (Å²) in [6, 6.07) is 14.6. The average molecular weight is 513 g/mol. The lowest BCUT2D eigenvalue weighted by Crippen LogP contribution is -2.40. The lowest BCUT2D eigenvalue weighted by Gasteiger charge is -2.26. The smallest absolute Gasteiger partial charge is 0.247 e. The van der Waals surface area contributed by atoms with E-state index in [1.807, 2.05) is 42.8 Å². The SMILES string of the molecule is Cc1ccc(-c2nnc(CSc3nnc(-c4ccc(S(=O)(=O)N5CCOCC5)cc4)n3C)o2)cc1. The maximum absolute atomic E-state index is 12.8. The van der Waals surface area contributed by atoms with E-state index in [0.29, 0.717) is 54.8 Å². The van der Waals surface area contributed by atoms with Crippen LogP contribution in [0.25, 0.3) is 22.8 Å². The topological polar surface area (TPSA) is 116 Å². The molecular formula is C23H24N6O4S2. The van der Waals surface area contributed by atoms with Crippen LogP contribution in [-0.4, -0.2) is 64.0 Å². The molecule has 182 valence electrons. The van der Waals surface area contributed by atoms with Gasteiger partial charge in [-0.25, -0.2) is 8.42 Å². The number of morpholine rings is 1. The quantitative estimate of drug-likeness (QED) is 0.344. The first-order chi connectivity index (χ1) is 16.9. The molecule has 4 aromatic rings. The molecule has 0 bridgehead atoms. The molecule has 35 heavy (non-hydrogen) atoms. The predicted octanol–water partition coefficient (Wildman–Crippen LogP) is 3.15. The lowest BCUT2D eigenvalue weighted by molar-refractivity contribution is 0.0730. The summed E-state index contributed by atoms with van der Waals surface area (Å²) in [4.78, 5) is 0.251. The number of nitrogens with zero attached hydrogens (tertiary/aromatic N) is 6. The molecule has 0 unspecified atom stereocenters. The number of hydrogen-bond acceptors (Lipinski definition) is 9. The Morgan fingerprint density at radius 1 is 0.914 bits per heavy atom. The third kappa shape index (κ3) is 5.01. The number of benzene rings is 2. The highest BCUT2D eigenvalue weighted by Crippen LogP contribution is 2.27. The number of hydrogen-bond donors (Lipinski definition) is 0. The van der Waals surface area contributed by atoms with E-state index in [1.54, 1.807) is 24.3 Å². The molecule has 5 rings (SSSR count). The van der Waals surface area contributed by atoms with E-state index in [4.69, 9.17) is 9.15 Å². The summed E-state index contributed by atoms with van der Waals surface area (Å²) in [5, 5.41) is 17.5. The Labute approximate surface area is 207 Å². The van der Waals surface area contributed by atoms with Crippen LogP contribution < -0.4 is 0 Å². The van der Waals surface area contributed by atoms with E-state index in [0.717, 1.165) is 16.7 Å². The van der Waals surface area contributed by atoms with Crippen molar-refractivity contribution < 1.29 is 17.6 Å². The first-order valence-electron chi connectivity index (χ1n) is 11.0. The maximum atomic E-state index is 12.8. The van der Waals surface area contributed by atoms with Crippen molar-refractivity contribution in [3.05, 3.63) is 60.0 Å². The second-order valence-corrected chi connectivity index (χ2v) is 10.9. The van der Waals surface area contributed by atoms with Gasteiger partial charge in [-0.15, -0.1) is 20.4 Å². The molecule has 1 fully saturated rings. The van der Waals surface area contributed by atoms with Crippen molar-refractivity contribution in [2.24, 2.45) is 7.05 Å². The Balaban J connectivity index is 1.26. The van der Waals surface area contributed by atoms with Gasteiger partial charge >= 0.3 is 0 Å².